The monoisotopic (exact) mass is 169 g/mol. The van der Waals surface area contributed by atoms with Crippen molar-refractivity contribution in [1.82, 2.24) is 0 Å². The average molecular weight is 169 g/mol. The highest BCUT2D eigenvalue weighted by Crippen LogP contribution is 2.08. The molecule has 0 unspecified atom stereocenters. The van der Waals surface area contributed by atoms with Crippen molar-refractivity contribution in [2.75, 3.05) is 0 Å². The maximum atomic E-state index is 11.1. The molecule has 0 saturated heterocycles. The first-order chi connectivity index (χ1) is 5.37. The van der Waals surface area contributed by atoms with Gasteiger partial charge in [-0.05, 0) is 26.8 Å². The summed E-state index contributed by atoms with van der Waals surface area (Å²) in [4.78, 5) is 11.1. The van der Waals surface area contributed by atoms with Crippen molar-refractivity contribution in [1.29, 1.82) is 0 Å². The summed E-state index contributed by atoms with van der Waals surface area (Å²) in [5.41, 5.74) is 4.92. The van der Waals surface area contributed by atoms with Gasteiger partial charge in [-0.1, -0.05) is 12.7 Å². The van der Waals surface area contributed by atoms with Gasteiger partial charge in [0.2, 0.25) is 0 Å². The van der Waals surface area contributed by atoms with E-state index in [4.69, 9.17) is 10.5 Å². The second-order valence-corrected chi connectivity index (χ2v) is 3.36. The smallest absolute Gasteiger partial charge is 0.354 e. The second-order valence-electron chi connectivity index (χ2n) is 3.36. The summed E-state index contributed by atoms with van der Waals surface area (Å²) in [7, 11) is 0. The zero-order chi connectivity index (χ0) is 9.78. The molecule has 0 amide bonds. The van der Waals surface area contributed by atoms with Gasteiger partial charge in [-0.25, -0.2) is 4.79 Å². The van der Waals surface area contributed by atoms with Gasteiger partial charge in [0, 0.05) is 0 Å². The number of carbonyl (C=O) groups is 1. The van der Waals surface area contributed by atoms with E-state index in [1.807, 2.05) is 0 Å². The van der Waals surface area contributed by atoms with Crippen LogP contribution in [0.1, 0.15) is 20.8 Å². The summed E-state index contributed by atoms with van der Waals surface area (Å²) in [6, 6.07) is 0. The lowest BCUT2D eigenvalue weighted by molar-refractivity contribution is -0.149. The lowest BCUT2D eigenvalue weighted by Gasteiger charge is -2.19. The molecule has 0 aromatic carbocycles. The third-order valence-corrected chi connectivity index (χ3v) is 0.932. The Bertz CT molecular complexity index is 211. The minimum Gasteiger partial charge on any atom is -0.455 e. The molecule has 0 fully saturated rings. The number of rotatable bonds is 2. The molecule has 0 aliphatic heterocycles. The van der Waals surface area contributed by atoms with Gasteiger partial charge in [-0.15, -0.1) is 0 Å². The predicted molar refractivity (Wildman–Crippen MR) is 48.3 cm³/mol. The molecule has 0 spiro atoms. The largest absolute Gasteiger partial charge is 0.455 e. The number of carbonyl (C=O) groups excluding carboxylic acids is 1. The van der Waals surface area contributed by atoms with Crippen molar-refractivity contribution in [2.24, 2.45) is 5.73 Å². The van der Waals surface area contributed by atoms with E-state index < -0.39 is 11.6 Å². The Kier molecular flexibility index (Phi) is 3.54. The standard InChI is InChI=1S/C9H15NO2/c1-5-6-7(10)8(11)12-9(2,3)4/h5-6H,1,10H2,2-4H3/b7-6-. The third-order valence-electron chi connectivity index (χ3n) is 0.932. The number of ether oxygens (including phenoxy) is 1. The van der Waals surface area contributed by atoms with Gasteiger partial charge in [0.25, 0.3) is 0 Å². The molecule has 12 heavy (non-hydrogen) atoms. The zero-order valence-electron chi connectivity index (χ0n) is 7.76. The summed E-state index contributed by atoms with van der Waals surface area (Å²) < 4.78 is 4.97. The van der Waals surface area contributed by atoms with Gasteiger partial charge in [0.05, 0.1) is 0 Å². The van der Waals surface area contributed by atoms with Gasteiger partial charge in [0.1, 0.15) is 11.3 Å². The Morgan fingerprint density at radius 3 is 2.33 bits per heavy atom. The molecule has 0 aromatic heterocycles. The molecule has 3 nitrogen and oxygen atoms in total. The fourth-order valence-corrected chi connectivity index (χ4v) is 0.532. The van der Waals surface area contributed by atoms with Crippen molar-refractivity contribution in [3.63, 3.8) is 0 Å². The lowest BCUT2D eigenvalue weighted by Crippen LogP contribution is -2.27. The number of allylic oxidation sites excluding steroid dienone is 2. The molecule has 0 aromatic rings. The van der Waals surface area contributed by atoms with Crippen LogP contribution in [-0.4, -0.2) is 11.6 Å². The second kappa shape index (κ2) is 3.95. The Hall–Kier alpha value is -1.25. The first kappa shape index (κ1) is 10.8. The average Bonchev–Trinajstić information content (AvgIpc) is 1.84. The van der Waals surface area contributed by atoms with Crippen LogP contribution in [0.3, 0.4) is 0 Å². The van der Waals surface area contributed by atoms with Gasteiger partial charge >= 0.3 is 5.97 Å². The molecule has 0 rings (SSSR count). The summed E-state index contributed by atoms with van der Waals surface area (Å²) in [6.45, 7) is 8.77. The highest BCUT2D eigenvalue weighted by atomic mass is 16.6. The molecule has 0 saturated carbocycles. The molecular weight excluding hydrogens is 154 g/mol. The number of esters is 1. The molecule has 0 heterocycles. The maximum absolute atomic E-state index is 11.1. The highest BCUT2D eigenvalue weighted by Gasteiger charge is 2.17. The first-order valence-corrected chi connectivity index (χ1v) is 3.68. The Labute approximate surface area is 72.9 Å². The molecule has 0 bridgehead atoms. The van der Waals surface area contributed by atoms with E-state index in [0.717, 1.165) is 0 Å². The van der Waals surface area contributed by atoms with E-state index in [9.17, 15) is 4.79 Å². The Balaban J connectivity index is 4.24. The summed E-state index contributed by atoms with van der Waals surface area (Å²) in [5.74, 6) is -0.512. The minimum absolute atomic E-state index is 0.0694. The van der Waals surface area contributed by atoms with Gasteiger partial charge in [-0.3, -0.25) is 0 Å². The molecule has 2 N–H and O–H groups in total. The van der Waals surface area contributed by atoms with E-state index in [-0.39, 0.29) is 5.70 Å². The predicted octanol–water partition coefficient (Wildman–Crippen LogP) is 1.36. The normalized spacial score (nSPS) is 12.4. The van der Waals surface area contributed by atoms with Crippen molar-refractivity contribution >= 4 is 5.97 Å². The van der Waals surface area contributed by atoms with Crippen molar-refractivity contribution < 1.29 is 9.53 Å². The minimum atomic E-state index is -0.512. The van der Waals surface area contributed by atoms with Crippen LogP contribution in [0.5, 0.6) is 0 Å². The van der Waals surface area contributed by atoms with Crippen molar-refractivity contribution in [3.05, 3.63) is 24.4 Å². The maximum Gasteiger partial charge on any atom is 0.354 e. The quantitative estimate of drug-likeness (QED) is 0.386. The summed E-state index contributed by atoms with van der Waals surface area (Å²) in [6.07, 6.45) is 2.85. The lowest BCUT2D eigenvalue weighted by atomic mass is 10.2. The van der Waals surface area contributed by atoms with Gasteiger partial charge in [-0.2, -0.15) is 0 Å². The van der Waals surface area contributed by atoms with Gasteiger partial charge in [0.15, 0.2) is 0 Å². The van der Waals surface area contributed by atoms with Crippen LogP contribution in [-0.2, 0) is 9.53 Å². The van der Waals surface area contributed by atoms with Crippen molar-refractivity contribution in [2.45, 2.75) is 26.4 Å². The van der Waals surface area contributed by atoms with E-state index in [1.165, 1.54) is 12.2 Å². The van der Waals surface area contributed by atoms with Crippen LogP contribution in [0.15, 0.2) is 24.4 Å². The van der Waals surface area contributed by atoms with Crippen LogP contribution in [0.25, 0.3) is 0 Å². The number of nitrogens with two attached hydrogens (primary N) is 1. The summed E-state index contributed by atoms with van der Waals surface area (Å²) in [5, 5.41) is 0. The van der Waals surface area contributed by atoms with Gasteiger partial charge < -0.3 is 10.5 Å². The zero-order valence-corrected chi connectivity index (χ0v) is 7.76. The molecule has 0 aliphatic rings. The fraction of sp³-hybridized carbons (Fsp3) is 0.444. The van der Waals surface area contributed by atoms with E-state index in [2.05, 4.69) is 6.58 Å². The Morgan fingerprint density at radius 2 is 2.00 bits per heavy atom. The van der Waals surface area contributed by atoms with Crippen LogP contribution in [0, 0.1) is 0 Å². The molecule has 0 atom stereocenters. The molecule has 68 valence electrons. The van der Waals surface area contributed by atoms with Crippen LogP contribution in [0.4, 0.5) is 0 Å². The van der Waals surface area contributed by atoms with E-state index in [0.29, 0.717) is 0 Å². The first-order valence-electron chi connectivity index (χ1n) is 3.68. The molecule has 0 aliphatic carbocycles. The number of hydrogen-bond acceptors (Lipinski definition) is 3. The van der Waals surface area contributed by atoms with Crippen molar-refractivity contribution in [3.8, 4) is 0 Å². The van der Waals surface area contributed by atoms with Crippen LogP contribution in [0.2, 0.25) is 0 Å². The molecule has 0 radical (unpaired) electrons. The molecule has 3 heteroatoms. The fourth-order valence-electron chi connectivity index (χ4n) is 0.532. The topological polar surface area (TPSA) is 52.3 Å². The third kappa shape index (κ3) is 4.55. The Morgan fingerprint density at radius 1 is 1.50 bits per heavy atom. The highest BCUT2D eigenvalue weighted by molar-refractivity contribution is 5.87. The van der Waals surface area contributed by atoms with E-state index >= 15 is 0 Å². The molecular formula is C9H15NO2. The van der Waals surface area contributed by atoms with Crippen LogP contribution < -0.4 is 5.73 Å². The van der Waals surface area contributed by atoms with Crippen LogP contribution >= 0.6 is 0 Å². The number of hydrogen-bond donors (Lipinski definition) is 1. The SMILES string of the molecule is C=C/C=C(\N)C(=O)OC(C)(C)C. The van der Waals surface area contributed by atoms with E-state index in [1.54, 1.807) is 20.8 Å². The summed E-state index contributed by atoms with van der Waals surface area (Å²) >= 11 is 0.